The molecule has 1 fully saturated rings. The molecular formula is C13H19FN4O3. The zero-order valence-electron chi connectivity index (χ0n) is 12.0. The molecule has 1 atom stereocenters. The van der Waals surface area contributed by atoms with Crippen molar-refractivity contribution in [2.45, 2.75) is 18.8 Å². The summed E-state index contributed by atoms with van der Waals surface area (Å²) in [5.74, 6) is -1.56. The van der Waals surface area contributed by atoms with Gasteiger partial charge in [0.2, 0.25) is 6.29 Å². The summed E-state index contributed by atoms with van der Waals surface area (Å²) in [5, 5.41) is 0. The molecule has 1 amide bonds. The smallest absolute Gasteiger partial charge is 0.251 e. The van der Waals surface area contributed by atoms with Gasteiger partial charge in [0.25, 0.3) is 5.91 Å². The number of ether oxygens (including phenoxy) is 2. The van der Waals surface area contributed by atoms with Crippen molar-refractivity contribution in [3.8, 4) is 0 Å². The summed E-state index contributed by atoms with van der Waals surface area (Å²) in [5.41, 5.74) is 11.1. The van der Waals surface area contributed by atoms with Crippen molar-refractivity contribution < 1.29 is 18.7 Å². The quantitative estimate of drug-likeness (QED) is 0.750. The summed E-state index contributed by atoms with van der Waals surface area (Å²) >= 11 is 0. The summed E-state index contributed by atoms with van der Waals surface area (Å²) < 4.78 is 24.6. The molecule has 1 unspecified atom stereocenters. The lowest BCUT2D eigenvalue weighted by Crippen LogP contribution is -2.29. The van der Waals surface area contributed by atoms with E-state index in [2.05, 4.69) is 4.98 Å². The van der Waals surface area contributed by atoms with Crippen LogP contribution in [0.2, 0.25) is 0 Å². The third kappa shape index (κ3) is 3.12. The van der Waals surface area contributed by atoms with Gasteiger partial charge in [-0.15, -0.1) is 0 Å². The first kappa shape index (κ1) is 15.6. The fourth-order valence-corrected chi connectivity index (χ4v) is 2.36. The highest BCUT2D eigenvalue weighted by Crippen LogP contribution is 2.27. The van der Waals surface area contributed by atoms with E-state index in [4.69, 9.17) is 20.9 Å². The number of nitrogens with two attached hydrogens (primary N) is 2. The minimum atomic E-state index is -0.869. The van der Waals surface area contributed by atoms with Crippen LogP contribution in [0.5, 0.6) is 0 Å². The maximum Gasteiger partial charge on any atom is 0.251 e. The predicted molar refractivity (Wildman–Crippen MR) is 74.3 cm³/mol. The lowest BCUT2D eigenvalue weighted by molar-refractivity contribution is -0.108. The molecule has 8 heteroatoms. The molecule has 1 aliphatic rings. The summed E-state index contributed by atoms with van der Waals surface area (Å²) in [4.78, 5) is 17.3. The van der Waals surface area contributed by atoms with Crippen molar-refractivity contribution in [1.82, 2.24) is 4.98 Å². The van der Waals surface area contributed by atoms with Gasteiger partial charge in [0.15, 0.2) is 11.6 Å². The Morgan fingerprint density at radius 3 is 2.67 bits per heavy atom. The molecular weight excluding hydrogens is 279 g/mol. The lowest BCUT2D eigenvalue weighted by atomic mass is 10.2. The first-order valence-corrected chi connectivity index (χ1v) is 6.54. The van der Waals surface area contributed by atoms with Gasteiger partial charge >= 0.3 is 0 Å². The van der Waals surface area contributed by atoms with Gasteiger partial charge in [-0.1, -0.05) is 0 Å². The Morgan fingerprint density at radius 2 is 2.19 bits per heavy atom. The van der Waals surface area contributed by atoms with Crippen LogP contribution >= 0.6 is 0 Å². The molecule has 2 heterocycles. The minimum absolute atomic E-state index is 0.0486. The number of carbonyl (C=O) groups is 1. The zero-order chi connectivity index (χ0) is 15.6. The summed E-state index contributed by atoms with van der Waals surface area (Å²) in [7, 11) is 2.85. The van der Waals surface area contributed by atoms with E-state index in [0.29, 0.717) is 13.1 Å². The van der Waals surface area contributed by atoms with Crippen LogP contribution in [0.25, 0.3) is 0 Å². The van der Waals surface area contributed by atoms with Gasteiger partial charge in [0.1, 0.15) is 0 Å². The molecule has 7 nitrogen and oxygen atoms in total. The third-order valence-corrected chi connectivity index (χ3v) is 3.42. The molecule has 0 radical (unpaired) electrons. The van der Waals surface area contributed by atoms with Gasteiger partial charge in [-0.3, -0.25) is 4.79 Å². The monoisotopic (exact) mass is 298 g/mol. The number of primary amides is 1. The average Bonchev–Trinajstić information content (AvgIpc) is 2.87. The molecule has 0 aliphatic carbocycles. The van der Waals surface area contributed by atoms with Gasteiger partial charge in [0, 0.05) is 33.4 Å². The number of aromatic nitrogens is 1. The highest BCUT2D eigenvalue weighted by atomic mass is 19.1. The molecule has 4 N–H and O–H groups in total. The summed E-state index contributed by atoms with van der Waals surface area (Å²) in [6.45, 7) is 1.04. The average molecular weight is 298 g/mol. The van der Waals surface area contributed by atoms with E-state index in [1.54, 1.807) is 4.90 Å². The minimum Gasteiger partial charge on any atom is -0.366 e. The van der Waals surface area contributed by atoms with E-state index in [0.717, 1.165) is 6.42 Å². The van der Waals surface area contributed by atoms with Crippen LogP contribution in [0, 0.1) is 5.82 Å². The van der Waals surface area contributed by atoms with E-state index in [-0.39, 0.29) is 23.1 Å². The molecule has 0 bridgehead atoms. The summed E-state index contributed by atoms with van der Waals surface area (Å²) in [6.07, 6.45) is -0.0753. The summed E-state index contributed by atoms with van der Waals surface area (Å²) in [6, 6.07) is 1.20. The van der Waals surface area contributed by atoms with Crippen molar-refractivity contribution in [1.29, 1.82) is 0 Å². The van der Waals surface area contributed by atoms with Crippen molar-refractivity contribution in [3.05, 3.63) is 23.1 Å². The first-order chi connectivity index (χ1) is 9.97. The van der Waals surface area contributed by atoms with E-state index in [1.165, 1.54) is 20.3 Å². The molecule has 1 saturated heterocycles. The number of carbonyl (C=O) groups excluding carboxylic acids is 1. The molecule has 116 valence electrons. The third-order valence-electron chi connectivity index (χ3n) is 3.42. The van der Waals surface area contributed by atoms with Gasteiger partial charge in [-0.25, -0.2) is 9.37 Å². The van der Waals surface area contributed by atoms with Gasteiger partial charge in [-0.2, -0.15) is 0 Å². The Morgan fingerprint density at radius 1 is 1.52 bits per heavy atom. The Labute approximate surface area is 122 Å². The van der Waals surface area contributed by atoms with Crippen molar-refractivity contribution in [3.63, 3.8) is 0 Å². The zero-order valence-corrected chi connectivity index (χ0v) is 12.0. The molecule has 1 aliphatic heterocycles. The van der Waals surface area contributed by atoms with Crippen LogP contribution in [-0.4, -0.2) is 44.2 Å². The second-order valence-corrected chi connectivity index (χ2v) is 4.89. The highest BCUT2D eigenvalue weighted by molar-refractivity contribution is 5.94. The number of halogens is 1. The van der Waals surface area contributed by atoms with Crippen LogP contribution in [0.4, 0.5) is 10.2 Å². The molecule has 1 aromatic rings. The lowest BCUT2D eigenvalue weighted by Gasteiger charge is -2.21. The second kappa shape index (κ2) is 6.33. The van der Waals surface area contributed by atoms with Gasteiger partial charge in [-0.05, 0) is 12.5 Å². The number of anilines is 1. The Balaban J connectivity index is 2.49. The molecule has 0 saturated carbocycles. The van der Waals surface area contributed by atoms with Crippen LogP contribution in [0.1, 0.15) is 28.8 Å². The van der Waals surface area contributed by atoms with Crippen molar-refractivity contribution >= 4 is 11.7 Å². The van der Waals surface area contributed by atoms with Crippen LogP contribution in [0.3, 0.4) is 0 Å². The molecule has 0 spiro atoms. The van der Waals surface area contributed by atoms with E-state index < -0.39 is 18.0 Å². The molecule has 2 rings (SSSR count). The fourth-order valence-electron chi connectivity index (χ4n) is 2.36. The van der Waals surface area contributed by atoms with E-state index in [9.17, 15) is 9.18 Å². The number of rotatable bonds is 5. The molecule has 0 aromatic carbocycles. The van der Waals surface area contributed by atoms with Crippen LogP contribution in [-0.2, 0) is 9.47 Å². The fraction of sp³-hybridized carbons (Fsp3) is 0.538. The van der Waals surface area contributed by atoms with Crippen LogP contribution in [0.15, 0.2) is 6.07 Å². The topological polar surface area (TPSA) is 104 Å². The van der Waals surface area contributed by atoms with Crippen LogP contribution < -0.4 is 16.4 Å². The first-order valence-electron chi connectivity index (χ1n) is 6.54. The number of hydrogen-bond donors (Lipinski definition) is 2. The number of nitrogens with zero attached hydrogens (tertiary/aromatic N) is 2. The molecule has 1 aromatic heterocycles. The second-order valence-electron chi connectivity index (χ2n) is 4.89. The highest BCUT2D eigenvalue weighted by Gasteiger charge is 2.27. The number of pyridine rings is 1. The van der Waals surface area contributed by atoms with E-state index in [1.807, 2.05) is 0 Å². The number of amides is 1. The maximum absolute atomic E-state index is 14.4. The van der Waals surface area contributed by atoms with Gasteiger partial charge < -0.3 is 25.8 Å². The maximum atomic E-state index is 14.4. The number of hydrogen-bond acceptors (Lipinski definition) is 6. The SMILES string of the molecule is COC(OC)c1cc(C(N)=O)c(F)c(N2CCC(N)C2)n1. The van der Waals surface area contributed by atoms with E-state index >= 15 is 0 Å². The molecule has 21 heavy (non-hydrogen) atoms. The predicted octanol–water partition coefficient (Wildman–Crippen LogP) is 0.148. The Hall–Kier alpha value is -1.77. The van der Waals surface area contributed by atoms with Gasteiger partial charge in [0.05, 0.1) is 11.3 Å². The standard InChI is InChI=1S/C13H19FN4O3/c1-20-13(21-2)9-5-8(11(16)19)10(14)12(17-9)18-4-3-7(15)6-18/h5,7,13H,3-4,6,15H2,1-2H3,(H2,16,19). The van der Waals surface area contributed by atoms with Crippen molar-refractivity contribution in [2.24, 2.45) is 11.5 Å². The Bertz CT molecular complexity index is 536. The Kier molecular flexibility index (Phi) is 4.71. The largest absolute Gasteiger partial charge is 0.366 e. The number of methoxy groups -OCH3 is 2. The van der Waals surface area contributed by atoms with Crippen molar-refractivity contribution in [2.75, 3.05) is 32.2 Å². The normalized spacial score (nSPS) is 18.5.